The monoisotopic (exact) mass is 609 g/mol. The van der Waals surface area contributed by atoms with E-state index in [1.807, 2.05) is 35.2 Å². The Kier molecular flexibility index (Phi) is 8.90. The fourth-order valence-electron chi connectivity index (χ4n) is 4.99. The van der Waals surface area contributed by atoms with Gasteiger partial charge in [0.05, 0.1) is 23.5 Å². The number of likely N-dealkylation sites (N-methyl/N-ethyl adjacent to an activating group) is 1. The van der Waals surface area contributed by atoms with Gasteiger partial charge in [-0.2, -0.15) is 26.0 Å². The Labute approximate surface area is 232 Å². The van der Waals surface area contributed by atoms with E-state index < -0.39 is 34.5 Å². The van der Waals surface area contributed by atoms with Gasteiger partial charge in [-0.25, -0.2) is 0 Å². The van der Waals surface area contributed by atoms with Crippen LogP contribution in [0.2, 0.25) is 0 Å². The minimum Gasteiger partial charge on any atom is -0.376 e. The van der Waals surface area contributed by atoms with Crippen molar-refractivity contribution in [1.29, 1.82) is 0 Å². The molecule has 1 spiro atoms. The average molecular weight is 609 g/mol. The van der Waals surface area contributed by atoms with Crippen molar-refractivity contribution in [2.75, 3.05) is 20.1 Å². The number of benzene rings is 2. The molecule has 0 N–H and O–H groups in total. The zero-order chi connectivity index (χ0) is 27.0. The molecule has 2 aliphatic heterocycles. The zero-order valence-electron chi connectivity index (χ0n) is 20.4. The number of nitrogens with zero attached hydrogens (tertiary/aromatic N) is 2. The Morgan fingerprint density at radius 3 is 2.18 bits per heavy atom. The van der Waals surface area contributed by atoms with Gasteiger partial charge in [-0.3, -0.25) is 24.8 Å². The molecule has 1 aliphatic carbocycles. The van der Waals surface area contributed by atoms with Gasteiger partial charge in [0.1, 0.15) is 0 Å². The van der Waals surface area contributed by atoms with Crippen LogP contribution in [-0.2, 0) is 47.7 Å². The molecule has 2 aromatic rings. The number of hydrogen-bond acceptors (Lipinski definition) is 4. The van der Waals surface area contributed by atoms with E-state index in [1.54, 1.807) is 7.05 Å². The van der Waals surface area contributed by atoms with Crippen LogP contribution in [0, 0.1) is 17.2 Å². The molecular formula is C27H24F4N2NbO4. The average Bonchev–Trinajstić information content (AvgIpc) is 3.72. The molecule has 11 heteroatoms. The van der Waals surface area contributed by atoms with Crippen LogP contribution in [-0.4, -0.2) is 53.9 Å². The molecule has 6 nitrogen and oxygen atoms in total. The minimum absolute atomic E-state index is 0. The van der Waals surface area contributed by atoms with Crippen LogP contribution in [0.1, 0.15) is 48.3 Å². The Balaban J connectivity index is 0.000000245. The molecule has 2 aromatic carbocycles. The number of amides is 3. The summed E-state index contributed by atoms with van der Waals surface area (Å²) < 4.78 is 48.5. The van der Waals surface area contributed by atoms with Crippen LogP contribution >= 0.6 is 0 Å². The van der Waals surface area contributed by atoms with Crippen molar-refractivity contribution in [2.24, 2.45) is 5.41 Å². The largest absolute Gasteiger partial charge is 2.00 e. The second-order valence-electron chi connectivity index (χ2n) is 9.39. The molecule has 199 valence electrons. The Bertz CT molecular complexity index is 1210. The van der Waals surface area contributed by atoms with Crippen LogP contribution in [0.25, 0.3) is 0 Å². The summed E-state index contributed by atoms with van der Waals surface area (Å²) in [6, 6.07) is 11.1. The summed E-state index contributed by atoms with van der Waals surface area (Å²) in [7, 11) is 1.58. The standard InChI is InChI=1S/C19H21N2O3.C8H3F4O.Nb/c1-20-17(23)15(13-5-3-2-4-6-13)19(18(20)24)9-11-21(12-10-19)16(22)14-7-8-14;9-7-2-1-6(8(10,11)12)3-5(7)4-13;/h2-6,15H,7-12H2,1H3;1-3H;/q2*-1;+2. The predicted molar refractivity (Wildman–Crippen MR) is 124 cm³/mol. The summed E-state index contributed by atoms with van der Waals surface area (Å²) in [5, 5.41) is 0. The number of hydrogen-bond donors (Lipinski definition) is 0. The van der Waals surface area contributed by atoms with Crippen LogP contribution in [0.3, 0.4) is 0 Å². The number of likely N-dealkylation sites (tertiary alicyclic amines) is 2. The fraction of sp³-hybridized carbons (Fsp3) is 0.370. The summed E-state index contributed by atoms with van der Waals surface area (Å²) in [5.74, 6) is -0.511. The fourth-order valence-corrected chi connectivity index (χ4v) is 4.99. The number of rotatable bonds is 3. The smallest absolute Gasteiger partial charge is 0.376 e. The van der Waals surface area contributed by atoms with E-state index >= 15 is 0 Å². The second kappa shape index (κ2) is 11.4. The molecule has 0 bridgehead atoms. The first kappa shape index (κ1) is 29.6. The summed E-state index contributed by atoms with van der Waals surface area (Å²) in [4.78, 5) is 51.0. The van der Waals surface area contributed by atoms with Gasteiger partial charge >= 0.3 is 28.6 Å². The van der Waals surface area contributed by atoms with E-state index in [0.717, 1.165) is 30.6 Å². The van der Waals surface area contributed by atoms with Crippen molar-refractivity contribution in [3.8, 4) is 0 Å². The molecule has 1 atom stereocenters. The van der Waals surface area contributed by atoms with Crippen LogP contribution in [0.5, 0.6) is 0 Å². The first-order valence-electron chi connectivity index (χ1n) is 11.8. The molecule has 38 heavy (non-hydrogen) atoms. The third-order valence-electron chi connectivity index (χ3n) is 7.14. The van der Waals surface area contributed by atoms with Crippen LogP contribution in [0.4, 0.5) is 17.6 Å². The van der Waals surface area contributed by atoms with Gasteiger partial charge in [-0.05, 0) is 24.0 Å². The van der Waals surface area contributed by atoms with E-state index in [9.17, 15) is 36.7 Å². The molecule has 3 fully saturated rings. The first-order valence-corrected chi connectivity index (χ1v) is 11.8. The summed E-state index contributed by atoms with van der Waals surface area (Å²) >= 11 is 0. The van der Waals surface area contributed by atoms with Crippen LogP contribution in [0.15, 0.2) is 48.5 Å². The predicted octanol–water partition coefficient (Wildman–Crippen LogP) is 4.05. The van der Waals surface area contributed by atoms with Gasteiger partial charge in [-0.1, -0.05) is 42.5 Å². The molecule has 1 saturated carbocycles. The van der Waals surface area contributed by atoms with E-state index in [-0.39, 0.29) is 40.1 Å². The number of carbonyl (C=O) groups is 3. The number of alkyl halides is 3. The summed E-state index contributed by atoms with van der Waals surface area (Å²) in [5.41, 5.74) is -1.57. The van der Waals surface area contributed by atoms with E-state index in [0.29, 0.717) is 44.1 Å². The van der Waals surface area contributed by atoms with Crippen molar-refractivity contribution in [3.05, 3.63) is 77.0 Å². The Morgan fingerprint density at radius 2 is 1.66 bits per heavy atom. The molecule has 1 unspecified atom stereocenters. The number of imide groups is 1. The summed E-state index contributed by atoms with van der Waals surface area (Å²) in [6.07, 6.45) is -0.555. The zero-order valence-corrected chi connectivity index (χ0v) is 22.6. The maximum atomic E-state index is 12.9. The van der Waals surface area contributed by atoms with Gasteiger partial charge in [0.15, 0.2) is 0 Å². The molecular weight excluding hydrogens is 585 g/mol. The Morgan fingerprint density at radius 1 is 1.05 bits per heavy atom. The molecule has 3 amide bonds. The minimum atomic E-state index is -4.57. The van der Waals surface area contributed by atoms with Crippen molar-refractivity contribution in [3.63, 3.8) is 0 Å². The molecule has 1 radical (unpaired) electrons. The molecule has 2 saturated heterocycles. The molecule has 3 aliphatic rings. The third-order valence-corrected chi connectivity index (χ3v) is 7.14. The molecule has 0 aromatic heterocycles. The third kappa shape index (κ3) is 5.72. The van der Waals surface area contributed by atoms with E-state index in [4.69, 9.17) is 0 Å². The number of carbonyl (C=O) groups excluding carboxylic acids is 4. The topological polar surface area (TPSA) is 74.8 Å². The van der Waals surface area contributed by atoms with Gasteiger partial charge in [-0.15, -0.1) is 11.6 Å². The number of halogens is 4. The Hall–Kier alpha value is -2.95. The summed E-state index contributed by atoms with van der Waals surface area (Å²) in [6.45, 7) is 1.11. The maximum absolute atomic E-state index is 12.9. The number of piperidine rings is 1. The second-order valence-corrected chi connectivity index (χ2v) is 9.39. The molecule has 2 heterocycles. The quantitative estimate of drug-likeness (QED) is 0.228. The SMILES string of the molecule is CN1C(=O)C(c2ccccc2)C2(CCN(C(=O)[C-]3CC3)CC2)C1=O.O=[C-]c1cc(C(F)(F)F)ccc1F.[Nb+2]. The maximum Gasteiger partial charge on any atom is 2.00 e. The van der Waals surface area contributed by atoms with Crippen molar-refractivity contribution >= 4 is 24.0 Å². The van der Waals surface area contributed by atoms with E-state index in [2.05, 4.69) is 0 Å². The van der Waals surface area contributed by atoms with Crippen molar-refractivity contribution in [2.45, 2.75) is 37.8 Å². The van der Waals surface area contributed by atoms with Gasteiger partial charge in [0.25, 0.3) is 0 Å². The van der Waals surface area contributed by atoms with Crippen molar-refractivity contribution < 1.29 is 59.1 Å². The van der Waals surface area contributed by atoms with Gasteiger partial charge in [0.2, 0.25) is 11.8 Å². The van der Waals surface area contributed by atoms with Gasteiger partial charge < -0.3 is 14.5 Å². The van der Waals surface area contributed by atoms with Gasteiger partial charge in [0, 0.05) is 26.0 Å². The molecule has 5 rings (SSSR count). The van der Waals surface area contributed by atoms with Crippen molar-refractivity contribution in [1.82, 2.24) is 9.80 Å². The van der Waals surface area contributed by atoms with E-state index in [1.165, 1.54) is 4.90 Å². The first-order chi connectivity index (χ1) is 17.5. The normalized spacial score (nSPS) is 20.0. The van der Waals surface area contributed by atoms with Crippen LogP contribution < -0.4 is 0 Å².